The van der Waals surface area contributed by atoms with E-state index in [0.717, 1.165) is 26.1 Å². The highest BCUT2D eigenvalue weighted by atomic mass is 16.5. The molecule has 17 heavy (non-hydrogen) atoms. The summed E-state index contributed by atoms with van der Waals surface area (Å²) in [6.07, 6.45) is 4.78. The molecule has 4 nitrogen and oxygen atoms in total. The van der Waals surface area contributed by atoms with Crippen LogP contribution in [0.1, 0.15) is 39.5 Å². The SMILES string of the molecule is CC.COCCCC1CCCN(CC(N)=O)C1. The summed E-state index contributed by atoms with van der Waals surface area (Å²) < 4.78 is 5.04. The number of amides is 1. The van der Waals surface area contributed by atoms with Crippen LogP contribution in [0.15, 0.2) is 0 Å². The van der Waals surface area contributed by atoms with Crippen LogP contribution in [0.4, 0.5) is 0 Å². The quantitative estimate of drug-likeness (QED) is 0.723. The number of carbonyl (C=O) groups excluding carboxylic acids is 1. The van der Waals surface area contributed by atoms with Gasteiger partial charge < -0.3 is 10.5 Å². The molecule has 1 rings (SSSR count). The van der Waals surface area contributed by atoms with E-state index in [1.165, 1.54) is 19.3 Å². The smallest absolute Gasteiger partial charge is 0.231 e. The predicted molar refractivity (Wildman–Crippen MR) is 70.8 cm³/mol. The molecule has 0 aliphatic carbocycles. The van der Waals surface area contributed by atoms with Crippen molar-refractivity contribution in [1.29, 1.82) is 0 Å². The molecule has 1 aliphatic rings. The van der Waals surface area contributed by atoms with Crippen LogP contribution in [-0.2, 0) is 9.53 Å². The lowest BCUT2D eigenvalue weighted by molar-refractivity contribution is -0.119. The molecular formula is C13H28N2O2. The van der Waals surface area contributed by atoms with Gasteiger partial charge in [-0.25, -0.2) is 0 Å². The molecular weight excluding hydrogens is 216 g/mol. The average Bonchev–Trinajstić information content (AvgIpc) is 2.32. The molecule has 1 saturated heterocycles. The third-order valence-electron chi connectivity index (χ3n) is 2.94. The number of ether oxygens (including phenoxy) is 1. The minimum absolute atomic E-state index is 0.215. The highest BCUT2D eigenvalue weighted by molar-refractivity contribution is 5.75. The molecule has 4 heteroatoms. The van der Waals surface area contributed by atoms with Crippen molar-refractivity contribution in [1.82, 2.24) is 4.90 Å². The lowest BCUT2D eigenvalue weighted by atomic mass is 9.93. The molecule has 0 aromatic rings. The number of hydrogen-bond donors (Lipinski definition) is 1. The Hall–Kier alpha value is -0.610. The van der Waals surface area contributed by atoms with Crippen molar-refractivity contribution in [3.05, 3.63) is 0 Å². The van der Waals surface area contributed by atoms with Crippen LogP contribution in [0.5, 0.6) is 0 Å². The number of rotatable bonds is 6. The van der Waals surface area contributed by atoms with Crippen molar-refractivity contribution >= 4 is 5.91 Å². The number of primary amides is 1. The van der Waals surface area contributed by atoms with Gasteiger partial charge in [0, 0.05) is 20.3 Å². The third-order valence-corrected chi connectivity index (χ3v) is 2.94. The van der Waals surface area contributed by atoms with E-state index in [2.05, 4.69) is 4.90 Å². The van der Waals surface area contributed by atoms with E-state index in [0.29, 0.717) is 12.5 Å². The fourth-order valence-electron chi connectivity index (χ4n) is 2.27. The second kappa shape index (κ2) is 10.5. The Balaban J connectivity index is 0.00000121. The van der Waals surface area contributed by atoms with Crippen LogP contribution < -0.4 is 5.73 Å². The predicted octanol–water partition coefficient (Wildman–Crippen LogP) is 1.64. The van der Waals surface area contributed by atoms with E-state index in [4.69, 9.17) is 10.5 Å². The van der Waals surface area contributed by atoms with Crippen molar-refractivity contribution < 1.29 is 9.53 Å². The Morgan fingerprint density at radius 1 is 1.47 bits per heavy atom. The first-order valence-corrected chi connectivity index (χ1v) is 6.72. The largest absolute Gasteiger partial charge is 0.385 e. The summed E-state index contributed by atoms with van der Waals surface area (Å²) in [5.74, 6) is 0.501. The Morgan fingerprint density at radius 3 is 2.76 bits per heavy atom. The Morgan fingerprint density at radius 2 is 2.18 bits per heavy atom. The molecule has 1 unspecified atom stereocenters. The van der Waals surface area contributed by atoms with Gasteiger partial charge in [0.05, 0.1) is 6.54 Å². The normalized spacial score (nSPS) is 20.5. The maximum Gasteiger partial charge on any atom is 0.231 e. The summed E-state index contributed by atoms with van der Waals surface area (Å²) in [6, 6.07) is 0. The van der Waals surface area contributed by atoms with Gasteiger partial charge in [-0.1, -0.05) is 13.8 Å². The van der Waals surface area contributed by atoms with Crippen molar-refractivity contribution in [2.75, 3.05) is 33.4 Å². The van der Waals surface area contributed by atoms with Crippen molar-refractivity contribution in [3.63, 3.8) is 0 Å². The first-order valence-electron chi connectivity index (χ1n) is 6.72. The molecule has 102 valence electrons. The number of carbonyl (C=O) groups is 1. The van der Waals surface area contributed by atoms with E-state index in [9.17, 15) is 4.79 Å². The van der Waals surface area contributed by atoms with E-state index < -0.39 is 0 Å². The monoisotopic (exact) mass is 244 g/mol. The minimum atomic E-state index is -0.215. The van der Waals surface area contributed by atoms with Crippen molar-refractivity contribution in [2.45, 2.75) is 39.5 Å². The molecule has 0 bridgehead atoms. The molecule has 1 atom stereocenters. The van der Waals surface area contributed by atoms with Crippen LogP contribution >= 0.6 is 0 Å². The summed E-state index contributed by atoms with van der Waals surface area (Å²) >= 11 is 0. The van der Waals surface area contributed by atoms with E-state index in [-0.39, 0.29) is 5.91 Å². The zero-order valence-electron chi connectivity index (χ0n) is 11.6. The standard InChI is InChI=1S/C11H22N2O2.C2H6/c1-15-7-3-5-10-4-2-6-13(8-10)9-11(12)14;1-2/h10H,2-9H2,1H3,(H2,12,14);1-2H3. The number of nitrogens with two attached hydrogens (primary N) is 1. The van der Waals surface area contributed by atoms with E-state index in [1.807, 2.05) is 13.8 Å². The molecule has 1 heterocycles. The molecule has 1 aliphatic heterocycles. The fourth-order valence-corrected chi connectivity index (χ4v) is 2.27. The summed E-state index contributed by atoms with van der Waals surface area (Å²) in [4.78, 5) is 13.0. The minimum Gasteiger partial charge on any atom is -0.385 e. The molecule has 2 N–H and O–H groups in total. The van der Waals surface area contributed by atoms with Gasteiger partial charge in [0.25, 0.3) is 0 Å². The van der Waals surface area contributed by atoms with Crippen LogP contribution in [0.25, 0.3) is 0 Å². The van der Waals surface area contributed by atoms with Crippen LogP contribution in [0.2, 0.25) is 0 Å². The Bertz CT molecular complexity index is 198. The van der Waals surface area contributed by atoms with Crippen LogP contribution in [0, 0.1) is 5.92 Å². The zero-order valence-corrected chi connectivity index (χ0v) is 11.6. The second-order valence-electron chi connectivity index (χ2n) is 4.34. The van der Waals surface area contributed by atoms with Crippen LogP contribution in [0.3, 0.4) is 0 Å². The molecule has 0 aromatic heterocycles. The van der Waals surface area contributed by atoms with Gasteiger partial charge in [-0.3, -0.25) is 9.69 Å². The number of methoxy groups -OCH3 is 1. The fraction of sp³-hybridized carbons (Fsp3) is 0.923. The highest BCUT2D eigenvalue weighted by Crippen LogP contribution is 2.20. The van der Waals surface area contributed by atoms with E-state index in [1.54, 1.807) is 7.11 Å². The molecule has 1 amide bonds. The van der Waals surface area contributed by atoms with Crippen molar-refractivity contribution in [3.8, 4) is 0 Å². The van der Waals surface area contributed by atoms with Crippen LogP contribution in [-0.4, -0.2) is 44.2 Å². The Kier molecular flexibility index (Phi) is 10.2. The number of hydrogen-bond acceptors (Lipinski definition) is 3. The zero-order chi connectivity index (χ0) is 13.1. The van der Waals surface area contributed by atoms with Gasteiger partial charge in [0.1, 0.15) is 0 Å². The highest BCUT2D eigenvalue weighted by Gasteiger charge is 2.20. The first-order chi connectivity index (χ1) is 8.22. The second-order valence-corrected chi connectivity index (χ2v) is 4.34. The van der Waals surface area contributed by atoms with Gasteiger partial charge in [0.15, 0.2) is 0 Å². The molecule has 0 spiro atoms. The summed E-state index contributed by atoms with van der Waals surface area (Å²) in [5, 5.41) is 0. The van der Waals surface area contributed by atoms with Gasteiger partial charge in [-0.05, 0) is 38.1 Å². The lowest BCUT2D eigenvalue weighted by Gasteiger charge is -2.31. The number of nitrogens with zero attached hydrogens (tertiary/aromatic N) is 1. The number of likely N-dealkylation sites (tertiary alicyclic amines) is 1. The number of piperidine rings is 1. The van der Waals surface area contributed by atoms with Gasteiger partial charge in [-0.2, -0.15) is 0 Å². The molecule has 0 radical (unpaired) electrons. The summed E-state index contributed by atoms with van der Waals surface area (Å²) in [7, 11) is 1.74. The topological polar surface area (TPSA) is 55.6 Å². The van der Waals surface area contributed by atoms with Crippen molar-refractivity contribution in [2.24, 2.45) is 11.7 Å². The summed E-state index contributed by atoms with van der Waals surface area (Å²) in [5.41, 5.74) is 5.19. The summed E-state index contributed by atoms with van der Waals surface area (Å²) in [6.45, 7) is 7.30. The van der Waals surface area contributed by atoms with E-state index >= 15 is 0 Å². The van der Waals surface area contributed by atoms with Gasteiger partial charge >= 0.3 is 0 Å². The maximum absolute atomic E-state index is 10.8. The molecule has 0 saturated carbocycles. The molecule has 1 fully saturated rings. The Labute approximate surface area is 105 Å². The lowest BCUT2D eigenvalue weighted by Crippen LogP contribution is -2.40. The average molecular weight is 244 g/mol. The molecule has 0 aromatic carbocycles. The third kappa shape index (κ3) is 8.16. The first kappa shape index (κ1) is 16.4. The maximum atomic E-state index is 10.8. The van der Waals surface area contributed by atoms with Gasteiger partial charge in [0.2, 0.25) is 5.91 Å². The van der Waals surface area contributed by atoms with Gasteiger partial charge in [-0.15, -0.1) is 0 Å².